The number of aryl methyl sites for hydroxylation is 1. The molecular weight excluding hydrogens is 254 g/mol. The number of hydrogen-bond donors (Lipinski definition) is 1. The maximum atomic E-state index is 3.81. The molecule has 0 amide bonds. The summed E-state index contributed by atoms with van der Waals surface area (Å²) in [5.41, 5.74) is 2.93. The number of benzene rings is 1. The molecule has 2 rings (SSSR count). The third kappa shape index (κ3) is 6.11. The van der Waals surface area contributed by atoms with Gasteiger partial charge in [-0.3, -0.25) is 0 Å². The molecule has 1 fully saturated rings. The van der Waals surface area contributed by atoms with Crippen molar-refractivity contribution in [1.29, 1.82) is 0 Å². The maximum Gasteiger partial charge on any atom is 0.0374 e. The van der Waals surface area contributed by atoms with Crippen molar-refractivity contribution in [3.63, 3.8) is 0 Å². The lowest BCUT2D eigenvalue weighted by atomic mass is 9.94. The lowest BCUT2D eigenvalue weighted by molar-refractivity contribution is 0.462. The molecule has 0 spiro atoms. The Labute approximate surface area is 131 Å². The molecule has 0 aromatic heterocycles. The molecule has 0 aliphatic heterocycles. The number of nitrogens with one attached hydrogen (secondary N) is 1. The Balaban J connectivity index is 1.76. The minimum atomic E-state index is 0.712. The van der Waals surface area contributed by atoms with Gasteiger partial charge in [-0.25, -0.2) is 0 Å². The van der Waals surface area contributed by atoms with E-state index in [1.807, 2.05) is 0 Å². The second-order valence-electron chi connectivity index (χ2n) is 6.65. The van der Waals surface area contributed by atoms with Crippen LogP contribution in [0.3, 0.4) is 0 Å². The van der Waals surface area contributed by atoms with Crippen LogP contribution in [0.25, 0.3) is 0 Å². The third-order valence-electron chi connectivity index (χ3n) is 4.78. The first-order valence-electron chi connectivity index (χ1n) is 9.24. The van der Waals surface area contributed by atoms with Crippen LogP contribution in [-0.2, 0) is 6.42 Å². The van der Waals surface area contributed by atoms with Crippen molar-refractivity contribution in [3.05, 3.63) is 29.8 Å². The Kier molecular flexibility index (Phi) is 7.70. The van der Waals surface area contributed by atoms with Crippen LogP contribution in [-0.4, -0.2) is 6.04 Å². The van der Waals surface area contributed by atoms with Crippen molar-refractivity contribution < 1.29 is 0 Å². The summed E-state index contributed by atoms with van der Waals surface area (Å²) in [6.45, 7) is 2.28. The van der Waals surface area contributed by atoms with Crippen molar-refractivity contribution in [2.45, 2.75) is 90.0 Å². The molecular formula is C20H33N. The highest BCUT2D eigenvalue weighted by Gasteiger charge is 2.14. The highest BCUT2D eigenvalue weighted by molar-refractivity contribution is 5.51. The van der Waals surface area contributed by atoms with Crippen LogP contribution >= 0.6 is 0 Å². The van der Waals surface area contributed by atoms with Gasteiger partial charge in [0.2, 0.25) is 0 Å². The highest BCUT2D eigenvalue weighted by atomic mass is 14.9. The van der Waals surface area contributed by atoms with Crippen molar-refractivity contribution >= 4 is 5.69 Å². The molecule has 0 atom stereocenters. The summed E-state index contributed by atoms with van der Waals surface area (Å²) in [5, 5.41) is 3.81. The topological polar surface area (TPSA) is 12.0 Å². The summed E-state index contributed by atoms with van der Waals surface area (Å²) < 4.78 is 0. The van der Waals surface area contributed by atoms with Gasteiger partial charge in [-0.1, -0.05) is 76.5 Å². The zero-order chi connectivity index (χ0) is 14.8. The molecule has 1 aliphatic carbocycles. The van der Waals surface area contributed by atoms with Gasteiger partial charge in [0.05, 0.1) is 0 Å². The van der Waals surface area contributed by atoms with Crippen LogP contribution in [0.1, 0.15) is 83.1 Å². The van der Waals surface area contributed by atoms with Gasteiger partial charge in [0, 0.05) is 11.7 Å². The normalized spacial score (nSPS) is 16.0. The molecule has 0 bridgehead atoms. The van der Waals surface area contributed by atoms with Crippen molar-refractivity contribution in [3.8, 4) is 0 Å². The Bertz CT molecular complexity index is 379. The van der Waals surface area contributed by atoms with Gasteiger partial charge in [-0.15, -0.1) is 0 Å². The molecule has 0 unspecified atom stereocenters. The molecule has 1 aromatic carbocycles. The number of anilines is 1. The van der Waals surface area contributed by atoms with E-state index in [2.05, 4.69) is 36.5 Å². The molecule has 21 heavy (non-hydrogen) atoms. The fourth-order valence-corrected chi connectivity index (χ4v) is 3.44. The molecule has 1 N–H and O–H groups in total. The highest BCUT2D eigenvalue weighted by Crippen LogP contribution is 2.24. The molecule has 1 aromatic rings. The molecule has 1 saturated carbocycles. The summed E-state index contributed by atoms with van der Waals surface area (Å²) in [6, 6.07) is 9.68. The fraction of sp³-hybridized carbons (Fsp3) is 0.700. The van der Waals surface area contributed by atoms with Crippen LogP contribution in [0.4, 0.5) is 5.69 Å². The minimum absolute atomic E-state index is 0.712. The summed E-state index contributed by atoms with van der Waals surface area (Å²) in [6.07, 6.45) is 16.5. The fourth-order valence-electron chi connectivity index (χ4n) is 3.44. The lowest BCUT2D eigenvalue weighted by Crippen LogP contribution is -2.22. The van der Waals surface area contributed by atoms with Gasteiger partial charge in [-0.05, 0) is 37.3 Å². The molecule has 0 heterocycles. The van der Waals surface area contributed by atoms with E-state index in [1.165, 1.54) is 88.3 Å². The van der Waals surface area contributed by atoms with Gasteiger partial charge in [-0.2, -0.15) is 0 Å². The standard InChI is InChI=1S/C20H33N/c1-2-3-4-5-6-8-13-18-14-11-12-17-20(18)21-19-15-9-7-10-16-19/h11-12,14,17,19,21H,2-10,13,15-16H2,1H3. The first-order chi connectivity index (χ1) is 10.4. The molecule has 1 heteroatoms. The van der Waals surface area contributed by atoms with E-state index in [9.17, 15) is 0 Å². The summed E-state index contributed by atoms with van der Waals surface area (Å²) in [4.78, 5) is 0. The summed E-state index contributed by atoms with van der Waals surface area (Å²) in [7, 11) is 0. The van der Waals surface area contributed by atoms with Crippen LogP contribution < -0.4 is 5.32 Å². The molecule has 118 valence electrons. The van der Waals surface area contributed by atoms with Gasteiger partial charge in [0.25, 0.3) is 0 Å². The first kappa shape index (κ1) is 16.4. The van der Waals surface area contributed by atoms with E-state index < -0.39 is 0 Å². The van der Waals surface area contributed by atoms with E-state index in [1.54, 1.807) is 0 Å². The number of unbranched alkanes of at least 4 members (excludes halogenated alkanes) is 5. The van der Waals surface area contributed by atoms with E-state index >= 15 is 0 Å². The lowest BCUT2D eigenvalue weighted by Gasteiger charge is -2.25. The Morgan fingerprint density at radius 3 is 2.43 bits per heavy atom. The summed E-state index contributed by atoms with van der Waals surface area (Å²) in [5.74, 6) is 0. The van der Waals surface area contributed by atoms with Gasteiger partial charge < -0.3 is 5.32 Å². The second kappa shape index (κ2) is 9.87. The van der Waals surface area contributed by atoms with E-state index in [0.29, 0.717) is 6.04 Å². The van der Waals surface area contributed by atoms with Crippen LogP contribution in [0.5, 0.6) is 0 Å². The average Bonchev–Trinajstić information content (AvgIpc) is 2.53. The van der Waals surface area contributed by atoms with Gasteiger partial charge in [0.1, 0.15) is 0 Å². The predicted octanol–water partition coefficient (Wildman–Crippen LogP) is 6.33. The van der Waals surface area contributed by atoms with Crippen LogP contribution in [0.15, 0.2) is 24.3 Å². The second-order valence-corrected chi connectivity index (χ2v) is 6.65. The molecule has 0 saturated heterocycles. The Morgan fingerprint density at radius 1 is 0.905 bits per heavy atom. The summed E-state index contributed by atoms with van der Waals surface area (Å²) >= 11 is 0. The van der Waals surface area contributed by atoms with Crippen LogP contribution in [0, 0.1) is 0 Å². The Morgan fingerprint density at radius 2 is 1.62 bits per heavy atom. The number of para-hydroxylation sites is 1. The third-order valence-corrected chi connectivity index (χ3v) is 4.78. The number of rotatable bonds is 9. The SMILES string of the molecule is CCCCCCCCc1ccccc1NC1CCCCC1. The Hall–Kier alpha value is -0.980. The zero-order valence-corrected chi connectivity index (χ0v) is 13.9. The molecule has 0 radical (unpaired) electrons. The van der Waals surface area contributed by atoms with Crippen molar-refractivity contribution in [2.24, 2.45) is 0 Å². The zero-order valence-electron chi connectivity index (χ0n) is 13.9. The van der Waals surface area contributed by atoms with Gasteiger partial charge >= 0.3 is 0 Å². The smallest absolute Gasteiger partial charge is 0.0374 e. The average molecular weight is 287 g/mol. The van der Waals surface area contributed by atoms with Crippen LogP contribution in [0.2, 0.25) is 0 Å². The molecule has 1 aliphatic rings. The first-order valence-corrected chi connectivity index (χ1v) is 9.24. The van der Waals surface area contributed by atoms with E-state index in [4.69, 9.17) is 0 Å². The van der Waals surface area contributed by atoms with Crippen molar-refractivity contribution in [1.82, 2.24) is 0 Å². The van der Waals surface area contributed by atoms with Gasteiger partial charge in [0.15, 0.2) is 0 Å². The monoisotopic (exact) mass is 287 g/mol. The largest absolute Gasteiger partial charge is 0.382 e. The van der Waals surface area contributed by atoms with E-state index in [0.717, 1.165) is 0 Å². The quantitative estimate of drug-likeness (QED) is 0.523. The minimum Gasteiger partial charge on any atom is -0.382 e. The van der Waals surface area contributed by atoms with E-state index in [-0.39, 0.29) is 0 Å². The maximum absolute atomic E-state index is 3.81. The van der Waals surface area contributed by atoms with Crippen molar-refractivity contribution in [2.75, 3.05) is 5.32 Å². The number of hydrogen-bond acceptors (Lipinski definition) is 1. The molecule has 1 nitrogen and oxygen atoms in total. The predicted molar refractivity (Wildman–Crippen MR) is 94.0 cm³/mol.